The van der Waals surface area contributed by atoms with Crippen molar-refractivity contribution < 1.29 is 14.3 Å². The van der Waals surface area contributed by atoms with Crippen LogP contribution in [0, 0.1) is 0 Å². The van der Waals surface area contributed by atoms with Crippen molar-refractivity contribution >= 4 is 40.6 Å². The third kappa shape index (κ3) is 4.57. The highest BCUT2D eigenvalue weighted by molar-refractivity contribution is 8.00. The third-order valence-electron chi connectivity index (χ3n) is 5.29. The van der Waals surface area contributed by atoms with Gasteiger partial charge in [0.1, 0.15) is 11.1 Å². The van der Waals surface area contributed by atoms with Crippen LogP contribution in [0.4, 0.5) is 17.1 Å². The summed E-state index contributed by atoms with van der Waals surface area (Å²) in [4.78, 5) is 29.2. The Balaban J connectivity index is 1.54. The van der Waals surface area contributed by atoms with E-state index < -0.39 is 0 Å². The number of benzene rings is 3. The van der Waals surface area contributed by atoms with Gasteiger partial charge in [0.25, 0.3) is 5.91 Å². The Bertz CT molecular complexity index is 1110. The Morgan fingerprint density at radius 1 is 1.06 bits per heavy atom. The zero-order valence-electron chi connectivity index (χ0n) is 18.2. The van der Waals surface area contributed by atoms with Crippen molar-refractivity contribution in [3.8, 4) is 5.75 Å². The summed E-state index contributed by atoms with van der Waals surface area (Å²) in [7, 11) is 5.56. The van der Waals surface area contributed by atoms with Crippen LogP contribution < -0.4 is 19.9 Å². The molecule has 0 aromatic heterocycles. The lowest BCUT2D eigenvalue weighted by Crippen LogP contribution is -2.27. The third-order valence-corrected chi connectivity index (χ3v) is 6.51. The molecule has 0 radical (unpaired) electrons. The smallest absolute Gasteiger partial charge is 0.255 e. The molecule has 0 aliphatic carbocycles. The Morgan fingerprint density at radius 2 is 1.78 bits per heavy atom. The van der Waals surface area contributed by atoms with Gasteiger partial charge < -0.3 is 15.0 Å². The summed E-state index contributed by atoms with van der Waals surface area (Å²) in [6.45, 7) is 0. The number of hydrogen-bond acceptors (Lipinski definition) is 5. The van der Waals surface area contributed by atoms with E-state index in [2.05, 4.69) is 5.32 Å². The Kier molecular flexibility index (Phi) is 6.37. The highest BCUT2D eigenvalue weighted by Crippen LogP contribution is 2.42. The lowest BCUT2D eigenvalue weighted by atomic mass is 10.1. The quantitative estimate of drug-likeness (QED) is 0.589. The molecule has 1 atom stereocenters. The second-order valence-electron chi connectivity index (χ2n) is 7.65. The molecule has 1 unspecified atom stereocenters. The van der Waals surface area contributed by atoms with Gasteiger partial charge >= 0.3 is 0 Å². The molecule has 0 spiro atoms. The van der Waals surface area contributed by atoms with Crippen molar-refractivity contribution in [1.29, 1.82) is 0 Å². The number of anilines is 3. The zero-order chi connectivity index (χ0) is 22.7. The Hall–Kier alpha value is -3.45. The molecule has 1 N–H and O–H groups in total. The molecule has 1 aliphatic heterocycles. The number of hydrogen-bond donors (Lipinski definition) is 1. The molecular weight excluding hydrogens is 422 g/mol. The molecular formula is C25H25N3O3S. The number of ether oxygens (including phenoxy) is 1. The average molecular weight is 448 g/mol. The fraction of sp³-hybridized carbons (Fsp3) is 0.200. The van der Waals surface area contributed by atoms with Crippen molar-refractivity contribution in [1.82, 2.24) is 0 Å². The second-order valence-corrected chi connectivity index (χ2v) is 8.71. The maximum absolute atomic E-state index is 12.7. The van der Waals surface area contributed by atoms with Crippen LogP contribution in [0.1, 0.15) is 21.3 Å². The lowest BCUT2D eigenvalue weighted by Gasteiger charge is -2.25. The molecule has 1 saturated heterocycles. The number of nitrogens with one attached hydrogen (secondary N) is 1. The van der Waals surface area contributed by atoms with Crippen LogP contribution in [0.3, 0.4) is 0 Å². The second kappa shape index (κ2) is 9.36. The number of amides is 2. The first-order valence-electron chi connectivity index (χ1n) is 10.2. The van der Waals surface area contributed by atoms with Gasteiger partial charge in [0, 0.05) is 36.7 Å². The van der Waals surface area contributed by atoms with Gasteiger partial charge in [-0.2, -0.15) is 0 Å². The monoisotopic (exact) mass is 447 g/mol. The van der Waals surface area contributed by atoms with E-state index in [-0.39, 0.29) is 17.2 Å². The molecule has 4 rings (SSSR count). The van der Waals surface area contributed by atoms with E-state index in [4.69, 9.17) is 4.74 Å². The van der Waals surface area contributed by atoms with Crippen molar-refractivity contribution in [2.24, 2.45) is 0 Å². The number of nitrogens with zero attached hydrogens (tertiary/aromatic N) is 2. The minimum absolute atomic E-state index is 0.0743. The average Bonchev–Trinajstić information content (AvgIpc) is 3.20. The minimum atomic E-state index is -0.198. The molecule has 0 saturated carbocycles. The molecule has 3 aromatic carbocycles. The standard InChI is InChI=1S/C25H25N3O3S/c1-27(2)20-9-11-21(12-10-20)28-23(29)16-32-25(28)18-5-4-6-19(15-18)26-24(30)17-7-13-22(31-3)14-8-17/h4-15,25H,16H2,1-3H3,(H,26,30). The van der Waals surface area contributed by atoms with Crippen molar-refractivity contribution in [2.75, 3.05) is 42.1 Å². The molecule has 0 bridgehead atoms. The first kappa shape index (κ1) is 21.8. The topological polar surface area (TPSA) is 61.9 Å². The summed E-state index contributed by atoms with van der Waals surface area (Å²) in [5, 5.41) is 2.80. The predicted molar refractivity (Wildman–Crippen MR) is 131 cm³/mol. The fourth-order valence-electron chi connectivity index (χ4n) is 3.58. The SMILES string of the molecule is COc1ccc(C(=O)Nc2cccc(C3SCC(=O)N3c3ccc(N(C)C)cc3)c2)cc1. The molecule has 6 nitrogen and oxygen atoms in total. The van der Waals surface area contributed by atoms with Gasteiger partial charge in [-0.3, -0.25) is 14.5 Å². The van der Waals surface area contributed by atoms with Gasteiger partial charge in [-0.1, -0.05) is 12.1 Å². The number of methoxy groups -OCH3 is 1. The molecule has 3 aromatic rings. The van der Waals surface area contributed by atoms with E-state index in [1.807, 2.05) is 72.4 Å². The van der Waals surface area contributed by atoms with E-state index in [9.17, 15) is 9.59 Å². The summed E-state index contributed by atoms with van der Waals surface area (Å²) in [6.07, 6.45) is 0. The molecule has 164 valence electrons. The van der Waals surface area contributed by atoms with Gasteiger partial charge in [-0.05, 0) is 66.2 Å². The fourth-order valence-corrected chi connectivity index (χ4v) is 4.74. The van der Waals surface area contributed by atoms with Crippen LogP contribution in [-0.4, -0.2) is 38.8 Å². The zero-order valence-corrected chi connectivity index (χ0v) is 19.1. The van der Waals surface area contributed by atoms with Gasteiger partial charge in [0.05, 0.1) is 12.9 Å². The first-order chi connectivity index (χ1) is 15.5. The van der Waals surface area contributed by atoms with Crippen molar-refractivity contribution in [3.05, 3.63) is 83.9 Å². The van der Waals surface area contributed by atoms with E-state index in [0.29, 0.717) is 22.8 Å². The first-order valence-corrected chi connectivity index (χ1v) is 11.3. The molecule has 1 heterocycles. The van der Waals surface area contributed by atoms with Crippen LogP contribution in [0.5, 0.6) is 5.75 Å². The highest BCUT2D eigenvalue weighted by atomic mass is 32.2. The number of thioether (sulfide) groups is 1. The van der Waals surface area contributed by atoms with E-state index >= 15 is 0 Å². The van der Waals surface area contributed by atoms with Gasteiger partial charge in [-0.25, -0.2) is 0 Å². The molecule has 2 amide bonds. The van der Waals surface area contributed by atoms with E-state index in [1.165, 1.54) is 0 Å². The van der Waals surface area contributed by atoms with Crippen molar-refractivity contribution in [3.63, 3.8) is 0 Å². The van der Waals surface area contributed by atoms with Gasteiger partial charge in [0.15, 0.2) is 0 Å². The van der Waals surface area contributed by atoms with Gasteiger partial charge in [-0.15, -0.1) is 11.8 Å². The molecule has 32 heavy (non-hydrogen) atoms. The van der Waals surface area contributed by atoms with Crippen LogP contribution >= 0.6 is 11.8 Å². The number of rotatable bonds is 6. The van der Waals surface area contributed by atoms with Crippen molar-refractivity contribution in [2.45, 2.75) is 5.37 Å². The summed E-state index contributed by atoms with van der Waals surface area (Å²) >= 11 is 1.58. The van der Waals surface area contributed by atoms with Crippen LogP contribution in [0.2, 0.25) is 0 Å². The Labute approximate surface area is 192 Å². The molecule has 1 aliphatic rings. The van der Waals surface area contributed by atoms with E-state index in [1.54, 1.807) is 43.1 Å². The van der Waals surface area contributed by atoms with Crippen LogP contribution in [-0.2, 0) is 4.79 Å². The predicted octanol–water partition coefficient (Wildman–Crippen LogP) is 4.79. The maximum Gasteiger partial charge on any atom is 0.255 e. The highest BCUT2D eigenvalue weighted by Gasteiger charge is 2.34. The summed E-state index contributed by atoms with van der Waals surface area (Å²) in [5.74, 6) is 0.995. The van der Waals surface area contributed by atoms with Crippen LogP contribution in [0.25, 0.3) is 0 Å². The number of carbonyl (C=O) groups is 2. The maximum atomic E-state index is 12.7. The summed E-state index contributed by atoms with van der Waals surface area (Å²) in [5.41, 5.74) is 4.14. The summed E-state index contributed by atoms with van der Waals surface area (Å²) < 4.78 is 5.14. The Morgan fingerprint density at radius 3 is 2.44 bits per heavy atom. The number of carbonyl (C=O) groups excluding carboxylic acids is 2. The van der Waals surface area contributed by atoms with E-state index in [0.717, 1.165) is 16.9 Å². The molecule has 7 heteroatoms. The molecule has 1 fully saturated rings. The lowest BCUT2D eigenvalue weighted by molar-refractivity contribution is -0.115. The van der Waals surface area contributed by atoms with Crippen LogP contribution in [0.15, 0.2) is 72.8 Å². The largest absolute Gasteiger partial charge is 0.497 e. The summed E-state index contributed by atoms with van der Waals surface area (Å²) in [6, 6.07) is 22.6. The van der Waals surface area contributed by atoms with Gasteiger partial charge in [0.2, 0.25) is 5.91 Å². The minimum Gasteiger partial charge on any atom is -0.497 e. The normalized spacial score (nSPS) is 15.5.